The third-order valence-electron chi connectivity index (χ3n) is 3.67. The summed E-state index contributed by atoms with van der Waals surface area (Å²) < 4.78 is 8.74. The molecule has 1 aliphatic heterocycles. The minimum atomic E-state index is 0.311. The van der Waals surface area contributed by atoms with Crippen LogP contribution in [0, 0.1) is 0 Å². The molecule has 1 aromatic heterocycles. The molecule has 1 fully saturated rings. The van der Waals surface area contributed by atoms with Gasteiger partial charge in [0.05, 0.1) is 29.1 Å². The van der Waals surface area contributed by atoms with Crippen LogP contribution in [0.2, 0.25) is 0 Å². The normalized spacial score (nSPS) is 20.9. The Hall–Kier alpha value is -0.430. The predicted octanol–water partition coefficient (Wildman–Crippen LogP) is 1.39. The van der Waals surface area contributed by atoms with E-state index in [-0.39, 0.29) is 0 Å². The van der Waals surface area contributed by atoms with Gasteiger partial charge >= 0.3 is 0 Å². The Balaban J connectivity index is 2.19. The Kier molecular flexibility index (Phi) is 5.38. The van der Waals surface area contributed by atoms with Gasteiger partial charge in [-0.15, -0.1) is 0 Å². The quantitative estimate of drug-likeness (QED) is 0.886. The van der Waals surface area contributed by atoms with Crippen LogP contribution < -0.4 is 5.73 Å². The van der Waals surface area contributed by atoms with E-state index in [0.717, 1.165) is 49.4 Å². The lowest BCUT2D eigenvalue weighted by molar-refractivity contribution is -0.00911. The number of hydrogen-bond acceptors (Lipinski definition) is 4. The second-order valence-corrected chi connectivity index (χ2v) is 5.60. The zero-order chi connectivity index (χ0) is 13.8. The largest absolute Gasteiger partial charge is 0.378 e. The van der Waals surface area contributed by atoms with Gasteiger partial charge in [0.15, 0.2) is 0 Å². The summed E-state index contributed by atoms with van der Waals surface area (Å²) >= 11 is 3.70. The highest BCUT2D eigenvalue weighted by Crippen LogP contribution is 2.24. The molecule has 5 nitrogen and oxygen atoms in total. The number of rotatable bonds is 5. The molecule has 1 saturated heterocycles. The van der Waals surface area contributed by atoms with Crippen molar-refractivity contribution in [3.05, 3.63) is 15.9 Å². The van der Waals surface area contributed by atoms with Crippen molar-refractivity contribution >= 4 is 15.9 Å². The van der Waals surface area contributed by atoms with E-state index in [4.69, 9.17) is 10.5 Å². The Morgan fingerprint density at radius 3 is 2.89 bits per heavy atom. The molecule has 6 heteroatoms. The molecule has 0 aromatic carbocycles. The average Bonchev–Trinajstić information content (AvgIpc) is 2.76. The summed E-state index contributed by atoms with van der Waals surface area (Å²) in [4.78, 5) is 2.40. The van der Waals surface area contributed by atoms with Crippen molar-refractivity contribution in [2.24, 2.45) is 5.73 Å². The number of aryl methyl sites for hydroxylation is 2. The van der Waals surface area contributed by atoms with Gasteiger partial charge in [0.1, 0.15) is 0 Å². The van der Waals surface area contributed by atoms with Crippen molar-refractivity contribution in [1.82, 2.24) is 14.7 Å². The number of ether oxygens (including phenoxy) is 1. The number of morpholine rings is 1. The first kappa shape index (κ1) is 15.0. The number of nitrogens with two attached hydrogens (primary N) is 1. The highest BCUT2D eigenvalue weighted by Gasteiger charge is 2.24. The molecule has 2 N–H and O–H groups in total. The lowest BCUT2D eigenvalue weighted by Gasteiger charge is -2.34. The summed E-state index contributed by atoms with van der Waals surface area (Å²) in [5.41, 5.74) is 8.21. The smallest absolute Gasteiger partial charge is 0.0767 e. The molecule has 1 unspecified atom stereocenters. The molecule has 1 aromatic rings. The number of halogens is 1. The summed E-state index contributed by atoms with van der Waals surface area (Å²) in [6.07, 6.45) is 0.948. The number of nitrogens with zero attached hydrogens (tertiary/aromatic N) is 3. The van der Waals surface area contributed by atoms with Crippen LogP contribution in [-0.4, -0.2) is 47.0 Å². The molecule has 2 heterocycles. The summed E-state index contributed by atoms with van der Waals surface area (Å²) in [6, 6.07) is 0.311. The van der Waals surface area contributed by atoms with Gasteiger partial charge in [0.2, 0.25) is 0 Å². The van der Waals surface area contributed by atoms with Crippen LogP contribution in [0.1, 0.15) is 25.2 Å². The summed E-state index contributed by atoms with van der Waals surface area (Å²) in [7, 11) is 0. The Morgan fingerprint density at radius 2 is 2.26 bits per heavy atom. The molecular weight excluding hydrogens is 308 g/mol. The van der Waals surface area contributed by atoms with Gasteiger partial charge in [-0.1, -0.05) is 6.92 Å². The molecule has 0 aliphatic carbocycles. The minimum absolute atomic E-state index is 0.311. The van der Waals surface area contributed by atoms with Crippen molar-refractivity contribution in [1.29, 1.82) is 0 Å². The van der Waals surface area contributed by atoms with Crippen molar-refractivity contribution in [2.45, 2.75) is 39.4 Å². The fraction of sp³-hybridized carbons (Fsp3) is 0.769. The molecule has 19 heavy (non-hydrogen) atoms. The average molecular weight is 331 g/mol. The molecule has 1 atom stereocenters. The third kappa shape index (κ3) is 3.18. The van der Waals surface area contributed by atoms with Gasteiger partial charge in [-0.25, -0.2) is 0 Å². The van der Waals surface area contributed by atoms with E-state index in [0.29, 0.717) is 12.6 Å². The van der Waals surface area contributed by atoms with Crippen molar-refractivity contribution in [2.75, 3.05) is 26.3 Å². The fourth-order valence-corrected chi connectivity index (χ4v) is 3.16. The summed E-state index contributed by atoms with van der Waals surface area (Å²) in [5, 5.41) is 4.64. The van der Waals surface area contributed by atoms with Crippen LogP contribution >= 0.6 is 15.9 Å². The molecule has 2 rings (SSSR count). The lowest BCUT2D eigenvalue weighted by Crippen LogP contribution is -2.49. The lowest BCUT2D eigenvalue weighted by atomic mass is 10.2. The Labute approximate surface area is 123 Å². The zero-order valence-electron chi connectivity index (χ0n) is 11.7. The molecule has 0 bridgehead atoms. The highest BCUT2D eigenvalue weighted by molar-refractivity contribution is 9.10. The first-order valence-corrected chi connectivity index (χ1v) is 7.76. The van der Waals surface area contributed by atoms with E-state index in [1.807, 2.05) is 0 Å². The SMILES string of the molecule is CCc1nn(CC)c(CN2CCOCC2CN)c1Br. The van der Waals surface area contributed by atoms with Crippen LogP contribution in [0.4, 0.5) is 0 Å². The predicted molar refractivity (Wildman–Crippen MR) is 79.1 cm³/mol. The first-order chi connectivity index (χ1) is 9.21. The van der Waals surface area contributed by atoms with Crippen LogP contribution in [-0.2, 0) is 24.2 Å². The summed E-state index contributed by atoms with van der Waals surface area (Å²) in [6.45, 7) is 9.13. The van der Waals surface area contributed by atoms with Gasteiger partial charge in [0.25, 0.3) is 0 Å². The second kappa shape index (κ2) is 6.83. The molecule has 0 saturated carbocycles. The zero-order valence-corrected chi connectivity index (χ0v) is 13.3. The molecule has 1 aliphatic rings. The van der Waals surface area contributed by atoms with Crippen LogP contribution in [0.15, 0.2) is 4.47 Å². The molecule has 0 radical (unpaired) electrons. The number of aromatic nitrogens is 2. The molecule has 0 spiro atoms. The highest BCUT2D eigenvalue weighted by atomic mass is 79.9. The van der Waals surface area contributed by atoms with Crippen molar-refractivity contribution < 1.29 is 4.74 Å². The fourth-order valence-electron chi connectivity index (χ4n) is 2.48. The van der Waals surface area contributed by atoms with Crippen LogP contribution in [0.5, 0.6) is 0 Å². The molecular formula is C13H23BrN4O. The third-order valence-corrected chi connectivity index (χ3v) is 4.58. The standard InChI is InChI=1S/C13H23BrN4O/c1-3-11-13(14)12(18(4-2)16-11)8-17-5-6-19-9-10(17)7-15/h10H,3-9,15H2,1-2H3. The molecule has 108 valence electrons. The van der Waals surface area contributed by atoms with E-state index in [9.17, 15) is 0 Å². The van der Waals surface area contributed by atoms with Crippen molar-refractivity contribution in [3.63, 3.8) is 0 Å². The Bertz CT molecular complexity index is 421. The maximum atomic E-state index is 5.83. The van der Waals surface area contributed by atoms with Gasteiger partial charge in [-0.3, -0.25) is 9.58 Å². The monoisotopic (exact) mass is 330 g/mol. The van der Waals surface area contributed by atoms with Gasteiger partial charge in [-0.2, -0.15) is 5.10 Å². The topological polar surface area (TPSA) is 56.3 Å². The van der Waals surface area contributed by atoms with Gasteiger partial charge < -0.3 is 10.5 Å². The van der Waals surface area contributed by atoms with Crippen molar-refractivity contribution in [3.8, 4) is 0 Å². The van der Waals surface area contributed by atoms with Crippen LogP contribution in [0.3, 0.4) is 0 Å². The molecule has 0 amide bonds. The van der Waals surface area contributed by atoms with Gasteiger partial charge in [0, 0.05) is 32.2 Å². The van der Waals surface area contributed by atoms with Crippen LogP contribution in [0.25, 0.3) is 0 Å². The number of hydrogen-bond donors (Lipinski definition) is 1. The maximum Gasteiger partial charge on any atom is 0.0767 e. The van der Waals surface area contributed by atoms with E-state index in [2.05, 4.69) is 44.5 Å². The van der Waals surface area contributed by atoms with E-state index in [1.54, 1.807) is 0 Å². The summed E-state index contributed by atoms with van der Waals surface area (Å²) in [5.74, 6) is 0. The maximum absolute atomic E-state index is 5.83. The van der Waals surface area contributed by atoms with Gasteiger partial charge in [-0.05, 0) is 29.3 Å². The second-order valence-electron chi connectivity index (χ2n) is 4.81. The van der Waals surface area contributed by atoms with E-state index < -0.39 is 0 Å². The van der Waals surface area contributed by atoms with E-state index in [1.165, 1.54) is 5.69 Å². The first-order valence-electron chi connectivity index (χ1n) is 6.97. The minimum Gasteiger partial charge on any atom is -0.378 e. The Morgan fingerprint density at radius 1 is 1.47 bits per heavy atom. The van der Waals surface area contributed by atoms with E-state index >= 15 is 0 Å².